The van der Waals surface area contributed by atoms with E-state index in [9.17, 15) is 0 Å². The van der Waals surface area contributed by atoms with Gasteiger partial charge >= 0.3 is 0 Å². The molecule has 0 aliphatic carbocycles. The Kier molecular flexibility index (Phi) is 4.21. The highest BCUT2D eigenvalue weighted by atomic mass is 32.1. The largest absolute Gasteiger partial charge is 0.145 e. The van der Waals surface area contributed by atoms with E-state index in [0.717, 1.165) is 12.8 Å². The Morgan fingerprint density at radius 3 is 1.38 bits per heavy atom. The first-order valence-electron chi connectivity index (χ1n) is 7.39. The summed E-state index contributed by atoms with van der Waals surface area (Å²) in [5.74, 6) is 0. The molecule has 3 aromatic rings. The molecule has 21 heavy (non-hydrogen) atoms. The fraction of sp³-hybridized carbons (Fsp3) is 0.200. The van der Waals surface area contributed by atoms with Crippen molar-refractivity contribution < 1.29 is 0 Å². The minimum absolute atomic E-state index is 1.04. The van der Waals surface area contributed by atoms with Crippen LogP contribution in [0.1, 0.15) is 32.0 Å². The Labute approximate surface area is 131 Å². The van der Waals surface area contributed by atoms with Crippen molar-refractivity contribution in [3.8, 4) is 0 Å². The quantitative estimate of drug-likeness (QED) is 0.591. The molecule has 0 saturated carbocycles. The average Bonchev–Trinajstić information content (AvgIpc) is 2.76. The lowest BCUT2D eigenvalue weighted by Crippen LogP contribution is -1.96. The van der Waals surface area contributed by atoms with Gasteiger partial charge in [0, 0.05) is 9.75 Å². The van der Waals surface area contributed by atoms with Gasteiger partial charge in [0.1, 0.15) is 0 Å². The zero-order valence-electron chi connectivity index (χ0n) is 12.6. The molecule has 1 heteroatoms. The van der Waals surface area contributed by atoms with Crippen LogP contribution in [0, 0.1) is 13.8 Å². The molecule has 0 saturated heterocycles. The lowest BCUT2D eigenvalue weighted by atomic mass is 9.96. The maximum Gasteiger partial charge on any atom is 0.00553 e. The highest BCUT2D eigenvalue weighted by Gasteiger charge is 2.13. The molecule has 0 unspecified atom stereocenters. The van der Waals surface area contributed by atoms with Crippen LogP contribution in [0.2, 0.25) is 0 Å². The monoisotopic (exact) mass is 292 g/mol. The van der Waals surface area contributed by atoms with Gasteiger partial charge in [-0.15, -0.1) is 11.3 Å². The van der Waals surface area contributed by atoms with Crippen LogP contribution in [0.4, 0.5) is 0 Å². The Bertz CT molecular complexity index is 646. The maximum atomic E-state index is 2.25. The third kappa shape index (κ3) is 3.25. The van der Waals surface area contributed by atoms with Gasteiger partial charge in [0.25, 0.3) is 0 Å². The standard InChI is InChI=1S/C20H20S/c1-15-19(13-17-9-5-3-6-10-17)20(16(2)21-15)14-18-11-7-4-8-12-18/h3-12H,13-14H2,1-2H3. The predicted octanol–water partition coefficient (Wildman–Crippen LogP) is 5.55. The predicted molar refractivity (Wildman–Crippen MR) is 92.3 cm³/mol. The van der Waals surface area contributed by atoms with E-state index in [1.54, 1.807) is 0 Å². The summed E-state index contributed by atoms with van der Waals surface area (Å²) < 4.78 is 0. The smallest absolute Gasteiger partial charge is 0.00553 e. The van der Waals surface area contributed by atoms with E-state index in [4.69, 9.17) is 0 Å². The van der Waals surface area contributed by atoms with E-state index >= 15 is 0 Å². The molecule has 0 radical (unpaired) electrons. The van der Waals surface area contributed by atoms with Crippen molar-refractivity contribution in [1.82, 2.24) is 0 Å². The zero-order chi connectivity index (χ0) is 14.7. The van der Waals surface area contributed by atoms with Crippen LogP contribution >= 0.6 is 11.3 Å². The molecule has 106 valence electrons. The third-order valence-corrected chi connectivity index (χ3v) is 5.07. The van der Waals surface area contributed by atoms with E-state index < -0.39 is 0 Å². The fourth-order valence-corrected chi connectivity index (χ4v) is 3.94. The number of benzene rings is 2. The Morgan fingerprint density at radius 1 is 0.619 bits per heavy atom. The second-order valence-electron chi connectivity index (χ2n) is 5.50. The van der Waals surface area contributed by atoms with E-state index in [-0.39, 0.29) is 0 Å². The van der Waals surface area contributed by atoms with Crippen LogP contribution < -0.4 is 0 Å². The van der Waals surface area contributed by atoms with Crippen LogP contribution in [0.25, 0.3) is 0 Å². The van der Waals surface area contributed by atoms with Crippen LogP contribution in [0.5, 0.6) is 0 Å². The average molecular weight is 292 g/mol. The van der Waals surface area contributed by atoms with Crippen molar-refractivity contribution in [2.75, 3.05) is 0 Å². The van der Waals surface area contributed by atoms with E-state index in [1.165, 1.54) is 32.0 Å². The Hall–Kier alpha value is -1.86. The van der Waals surface area contributed by atoms with Gasteiger partial charge in [0.2, 0.25) is 0 Å². The van der Waals surface area contributed by atoms with E-state index in [0.29, 0.717) is 0 Å². The van der Waals surface area contributed by atoms with Crippen molar-refractivity contribution in [2.45, 2.75) is 26.7 Å². The van der Waals surface area contributed by atoms with Gasteiger partial charge in [-0.1, -0.05) is 60.7 Å². The van der Waals surface area contributed by atoms with Gasteiger partial charge in [0.05, 0.1) is 0 Å². The van der Waals surface area contributed by atoms with Gasteiger partial charge in [-0.3, -0.25) is 0 Å². The number of hydrogen-bond acceptors (Lipinski definition) is 1. The topological polar surface area (TPSA) is 0 Å². The van der Waals surface area contributed by atoms with Gasteiger partial charge in [-0.25, -0.2) is 0 Å². The van der Waals surface area contributed by atoms with Crippen LogP contribution in [0.15, 0.2) is 60.7 Å². The van der Waals surface area contributed by atoms with E-state index in [2.05, 4.69) is 74.5 Å². The van der Waals surface area contributed by atoms with Crippen molar-refractivity contribution in [3.63, 3.8) is 0 Å². The lowest BCUT2D eigenvalue weighted by molar-refractivity contribution is 1.08. The Balaban J connectivity index is 1.93. The fourth-order valence-electron chi connectivity index (χ4n) is 2.84. The summed E-state index contributed by atoms with van der Waals surface area (Å²) in [7, 11) is 0. The van der Waals surface area contributed by atoms with Crippen molar-refractivity contribution in [1.29, 1.82) is 0 Å². The minimum Gasteiger partial charge on any atom is -0.145 e. The van der Waals surface area contributed by atoms with Crippen molar-refractivity contribution in [2.24, 2.45) is 0 Å². The highest BCUT2D eigenvalue weighted by Crippen LogP contribution is 2.31. The molecule has 1 aromatic heterocycles. The zero-order valence-corrected chi connectivity index (χ0v) is 13.4. The number of rotatable bonds is 4. The summed E-state index contributed by atoms with van der Waals surface area (Å²) in [5, 5.41) is 0. The third-order valence-electron chi connectivity index (χ3n) is 3.97. The summed E-state index contributed by atoms with van der Waals surface area (Å²) in [4.78, 5) is 2.92. The molecule has 0 amide bonds. The second kappa shape index (κ2) is 6.28. The molecule has 3 rings (SSSR count). The molecule has 2 aromatic carbocycles. The molecule has 0 spiro atoms. The van der Waals surface area contributed by atoms with Gasteiger partial charge in [0.15, 0.2) is 0 Å². The molecular weight excluding hydrogens is 272 g/mol. The molecule has 1 heterocycles. The lowest BCUT2D eigenvalue weighted by Gasteiger charge is -2.08. The molecule has 0 N–H and O–H groups in total. The first-order valence-corrected chi connectivity index (χ1v) is 8.21. The van der Waals surface area contributed by atoms with Gasteiger partial charge < -0.3 is 0 Å². The normalized spacial score (nSPS) is 10.8. The van der Waals surface area contributed by atoms with Gasteiger partial charge in [-0.05, 0) is 48.9 Å². The minimum atomic E-state index is 1.04. The molecule has 0 aliphatic rings. The van der Waals surface area contributed by atoms with Crippen molar-refractivity contribution in [3.05, 3.63) is 92.7 Å². The van der Waals surface area contributed by atoms with E-state index in [1.807, 2.05) is 11.3 Å². The molecule has 0 nitrogen and oxygen atoms in total. The highest BCUT2D eigenvalue weighted by molar-refractivity contribution is 7.12. The number of hydrogen-bond donors (Lipinski definition) is 0. The van der Waals surface area contributed by atoms with Crippen LogP contribution in [-0.4, -0.2) is 0 Å². The van der Waals surface area contributed by atoms with Gasteiger partial charge in [-0.2, -0.15) is 0 Å². The molecule has 0 aliphatic heterocycles. The number of aryl methyl sites for hydroxylation is 2. The van der Waals surface area contributed by atoms with Crippen LogP contribution in [-0.2, 0) is 12.8 Å². The summed E-state index contributed by atoms with van der Waals surface area (Å²) in [6, 6.07) is 21.6. The SMILES string of the molecule is Cc1sc(C)c(Cc2ccccc2)c1Cc1ccccc1. The molecule has 0 fully saturated rings. The first-order chi connectivity index (χ1) is 10.2. The first kappa shape index (κ1) is 14.1. The molecule has 0 bridgehead atoms. The Morgan fingerprint density at radius 2 is 1.00 bits per heavy atom. The van der Waals surface area contributed by atoms with Crippen LogP contribution in [0.3, 0.4) is 0 Å². The number of thiophene rings is 1. The maximum absolute atomic E-state index is 2.25. The summed E-state index contributed by atoms with van der Waals surface area (Å²) in [6.07, 6.45) is 2.08. The second-order valence-corrected chi connectivity index (χ2v) is 6.93. The van der Waals surface area contributed by atoms with Crippen molar-refractivity contribution >= 4 is 11.3 Å². The summed E-state index contributed by atoms with van der Waals surface area (Å²) in [6.45, 7) is 4.51. The molecular formula is C20H20S. The molecule has 0 atom stereocenters. The summed E-state index contributed by atoms with van der Waals surface area (Å²) >= 11 is 1.93. The summed E-state index contributed by atoms with van der Waals surface area (Å²) in [5.41, 5.74) is 5.83.